The van der Waals surface area contributed by atoms with Gasteiger partial charge in [-0.3, -0.25) is 4.79 Å². The lowest BCUT2D eigenvalue weighted by atomic mass is 9.90. The maximum atomic E-state index is 13.7. The van der Waals surface area contributed by atoms with Crippen molar-refractivity contribution in [3.05, 3.63) is 71.2 Å². The molecule has 0 aliphatic carbocycles. The Bertz CT molecular complexity index is 1040. The molecule has 0 spiro atoms. The highest BCUT2D eigenvalue weighted by Crippen LogP contribution is 2.28. The molecule has 30 heavy (non-hydrogen) atoms. The van der Waals surface area contributed by atoms with Crippen LogP contribution in [0.3, 0.4) is 0 Å². The number of halogens is 1. The van der Waals surface area contributed by atoms with Gasteiger partial charge in [0.25, 0.3) is 5.91 Å². The van der Waals surface area contributed by atoms with Crippen molar-refractivity contribution < 1.29 is 14.1 Å². The van der Waals surface area contributed by atoms with Gasteiger partial charge in [0, 0.05) is 41.7 Å². The first kappa shape index (κ1) is 19.3. The number of benzene rings is 2. The molecule has 2 aliphatic rings. The first-order valence-electron chi connectivity index (χ1n) is 11.1. The van der Waals surface area contributed by atoms with E-state index in [1.165, 1.54) is 29.4 Å². The first-order chi connectivity index (χ1) is 14.7. The van der Waals surface area contributed by atoms with Gasteiger partial charge >= 0.3 is 0 Å². The van der Waals surface area contributed by atoms with Crippen molar-refractivity contribution in [3.8, 4) is 0 Å². The summed E-state index contributed by atoms with van der Waals surface area (Å²) in [6, 6.07) is 15.6. The summed E-state index contributed by atoms with van der Waals surface area (Å²) in [6.07, 6.45) is 4.33. The van der Waals surface area contributed by atoms with E-state index in [1.54, 1.807) is 12.1 Å². The van der Waals surface area contributed by atoms with Crippen molar-refractivity contribution in [2.45, 2.75) is 32.2 Å². The van der Waals surface area contributed by atoms with Gasteiger partial charge in [-0.05, 0) is 48.9 Å². The molecule has 1 amide bonds. The molecule has 1 aromatic heterocycles. The van der Waals surface area contributed by atoms with E-state index < -0.39 is 0 Å². The fraction of sp³-hybridized carbons (Fsp3) is 0.400. The number of quaternary nitrogens is 1. The van der Waals surface area contributed by atoms with Gasteiger partial charge in [0.1, 0.15) is 5.82 Å². The molecule has 2 aliphatic heterocycles. The molecule has 0 bridgehead atoms. The molecule has 0 saturated carbocycles. The highest BCUT2D eigenvalue weighted by atomic mass is 19.1. The Kier molecular flexibility index (Phi) is 5.30. The predicted molar refractivity (Wildman–Crippen MR) is 116 cm³/mol. The van der Waals surface area contributed by atoms with Gasteiger partial charge < -0.3 is 14.8 Å². The molecule has 3 aromatic rings. The Morgan fingerprint density at radius 3 is 2.73 bits per heavy atom. The summed E-state index contributed by atoms with van der Waals surface area (Å²) >= 11 is 0. The van der Waals surface area contributed by atoms with E-state index in [1.807, 2.05) is 4.90 Å². The third-order valence-corrected chi connectivity index (χ3v) is 6.87. The number of aromatic amines is 1. The Balaban J connectivity index is 1.17. The first-order valence-corrected chi connectivity index (χ1v) is 11.1. The van der Waals surface area contributed by atoms with Crippen molar-refractivity contribution in [1.29, 1.82) is 0 Å². The maximum Gasteiger partial charge on any atom is 0.278 e. The van der Waals surface area contributed by atoms with Gasteiger partial charge in [-0.15, -0.1) is 0 Å². The van der Waals surface area contributed by atoms with Gasteiger partial charge in [-0.25, -0.2) is 4.39 Å². The van der Waals surface area contributed by atoms with Crippen LogP contribution in [0.4, 0.5) is 4.39 Å². The Labute approximate surface area is 176 Å². The monoisotopic (exact) mass is 406 g/mol. The summed E-state index contributed by atoms with van der Waals surface area (Å²) in [5, 5.41) is 0.913. The highest BCUT2D eigenvalue weighted by Gasteiger charge is 2.29. The van der Waals surface area contributed by atoms with Crippen LogP contribution in [0.2, 0.25) is 0 Å². The molecule has 3 heterocycles. The number of fused-ring (bicyclic) bond motifs is 3. The number of likely N-dealkylation sites (tertiary alicyclic amines) is 1. The van der Waals surface area contributed by atoms with Crippen molar-refractivity contribution in [2.24, 2.45) is 5.92 Å². The van der Waals surface area contributed by atoms with Gasteiger partial charge in [0.15, 0.2) is 6.54 Å². The van der Waals surface area contributed by atoms with E-state index in [9.17, 15) is 9.18 Å². The fourth-order valence-electron chi connectivity index (χ4n) is 5.14. The summed E-state index contributed by atoms with van der Waals surface area (Å²) in [7, 11) is 0. The van der Waals surface area contributed by atoms with Crippen LogP contribution < -0.4 is 4.90 Å². The normalized spacial score (nSPS) is 21.6. The second-order valence-corrected chi connectivity index (χ2v) is 8.90. The quantitative estimate of drug-likeness (QED) is 0.687. The Morgan fingerprint density at radius 1 is 1.13 bits per heavy atom. The van der Waals surface area contributed by atoms with Gasteiger partial charge in [0.2, 0.25) is 0 Å². The standard InChI is InChI=1S/C25H28FN3O/c26-20-6-7-23-21(15-20)22-16-29(13-10-24(22)27-23)25(30)17-28-11-8-19(9-12-28)14-18-4-2-1-3-5-18/h1-7,15,19,27H,8-14,16-17H2/p+1. The molecule has 5 rings (SSSR count). The minimum Gasteiger partial charge on any atom is -0.358 e. The molecule has 5 heteroatoms. The molecule has 2 N–H and O–H groups in total. The zero-order chi connectivity index (χ0) is 20.5. The second kappa shape index (κ2) is 8.23. The third kappa shape index (κ3) is 3.99. The number of rotatable bonds is 4. The lowest BCUT2D eigenvalue weighted by molar-refractivity contribution is -0.898. The van der Waals surface area contributed by atoms with Gasteiger partial charge in [0.05, 0.1) is 13.1 Å². The number of nitrogens with one attached hydrogen (secondary N) is 2. The molecule has 156 valence electrons. The van der Waals surface area contributed by atoms with Crippen LogP contribution >= 0.6 is 0 Å². The number of hydrogen-bond acceptors (Lipinski definition) is 1. The topological polar surface area (TPSA) is 40.5 Å². The van der Waals surface area contributed by atoms with E-state index in [0.29, 0.717) is 13.1 Å². The largest absolute Gasteiger partial charge is 0.358 e. The second-order valence-electron chi connectivity index (χ2n) is 8.90. The van der Waals surface area contributed by atoms with Crippen LogP contribution in [0.1, 0.15) is 29.7 Å². The van der Waals surface area contributed by atoms with Crippen molar-refractivity contribution >= 4 is 16.8 Å². The van der Waals surface area contributed by atoms with Crippen molar-refractivity contribution in [2.75, 3.05) is 26.2 Å². The van der Waals surface area contributed by atoms with Gasteiger partial charge in [-0.2, -0.15) is 0 Å². The molecular weight excluding hydrogens is 377 g/mol. The minimum absolute atomic E-state index is 0.225. The SMILES string of the molecule is O=C(C[NH+]1CCC(Cc2ccccc2)CC1)N1CCc2[nH]c3ccc(F)cc3c2C1. The van der Waals surface area contributed by atoms with E-state index in [0.717, 1.165) is 60.6 Å². The number of piperidine rings is 1. The number of carbonyl (C=O) groups excluding carboxylic acids is 1. The zero-order valence-electron chi connectivity index (χ0n) is 17.3. The minimum atomic E-state index is -0.226. The number of hydrogen-bond donors (Lipinski definition) is 2. The van der Waals surface area contributed by atoms with Crippen LogP contribution in [0.15, 0.2) is 48.5 Å². The van der Waals surface area contributed by atoms with E-state index in [4.69, 9.17) is 0 Å². The van der Waals surface area contributed by atoms with Gasteiger partial charge in [-0.1, -0.05) is 30.3 Å². The summed E-state index contributed by atoms with van der Waals surface area (Å²) < 4.78 is 13.7. The summed E-state index contributed by atoms with van der Waals surface area (Å²) in [4.78, 5) is 19.8. The Morgan fingerprint density at radius 2 is 1.93 bits per heavy atom. The Hall–Kier alpha value is -2.66. The molecule has 0 atom stereocenters. The van der Waals surface area contributed by atoms with E-state index >= 15 is 0 Å². The van der Waals surface area contributed by atoms with E-state index in [-0.39, 0.29) is 11.7 Å². The number of amides is 1. The summed E-state index contributed by atoms with van der Waals surface area (Å²) in [5.41, 5.74) is 4.61. The molecule has 4 nitrogen and oxygen atoms in total. The third-order valence-electron chi connectivity index (χ3n) is 6.87. The average molecular weight is 407 g/mol. The summed E-state index contributed by atoms with van der Waals surface area (Å²) in [5.74, 6) is 0.725. The van der Waals surface area contributed by atoms with Crippen molar-refractivity contribution in [1.82, 2.24) is 9.88 Å². The van der Waals surface area contributed by atoms with Crippen molar-refractivity contribution in [3.63, 3.8) is 0 Å². The molecule has 0 unspecified atom stereocenters. The van der Waals surface area contributed by atoms with Crippen LogP contribution in [0.5, 0.6) is 0 Å². The van der Waals surface area contributed by atoms with Crippen LogP contribution in [0, 0.1) is 11.7 Å². The number of nitrogens with zero attached hydrogens (tertiary/aromatic N) is 1. The fourth-order valence-corrected chi connectivity index (χ4v) is 5.14. The molecule has 2 aromatic carbocycles. The molecule has 0 radical (unpaired) electrons. The van der Waals surface area contributed by atoms with Crippen LogP contribution in [0.25, 0.3) is 10.9 Å². The predicted octanol–water partition coefficient (Wildman–Crippen LogP) is 2.73. The number of H-pyrrole nitrogens is 1. The molecule has 1 fully saturated rings. The average Bonchev–Trinajstić information content (AvgIpc) is 3.13. The van der Waals surface area contributed by atoms with Crippen LogP contribution in [-0.4, -0.2) is 42.0 Å². The zero-order valence-corrected chi connectivity index (χ0v) is 17.3. The smallest absolute Gasteiger partial charge is 0.278 e. The highest BCUT2D eigenvalue weighted by molar-refractivity contribution is 5.86. The lowest BCUT2D eigenvalue weighted by Crippen LogP contribution is -3.14. The molecular formula is C25H29FN3O+. The summed E-state index contributed by atoms with van der Waals surface area (Å²) in [6.45, 7) is 4.04. The lowest BCUT2D eigenvalue weighted by Gasteiger charge is -2.32. The number of aromatic nitrogens is 1. The van der Waals surface area contributed by atoms with Crippen LogP contribution in [-0.2, 0) is 24.2 Å². The number of carbonyl (C=O) groups is 1. The van der Waals surface area contributed by atoms with E-state index in [2.05, 4.69) is 35.3 Å². The maximum absolute atomic E-state index is 13.7. The molecule has 1 saturated heterocycles.